The van der Waals surface area contributed by atoms with Crippen LogP contribution in [0, 0.1) is 0 Å². The molecule has 0 spiro atoms. The predicted octanol–water partition coefficient (Wildman–Crippen LogP) is 2.49. The number of ether oxygens (including phenoxy) is 1. The summed E-state index contributed by atoms with van der Waals surface area (Å²) >= 11 is 5.71. The molecular formula is C10H13ClO2. The minimum atomic E-state index is 0.0335. The van der Waals surface area contributed by atoms with Crippen LogP contribution in [0.1, 0.15) is 13.3 Å². The van der Waals surface area contributed by atoms with E-state index in [1.165, 1.54) is 0 Å². The lowest BCUT2D eigenvalue weighted by atomic mass is 10.3. The fourth-order valence-electron chi connectivity index (χ4n) is 0.986. The van der Waals surface area contributed by atoms with Gasteiger partial charge in [-0.15, -0.1) is 0 Å². The molecule has 1 aromatic rings. The van der Waals surface area contributed by atoms with Crippen LogP contribution >= 0.6 is 11.6 Å². The predicted molar refractivity (Wildman–Crippen MR) is 53.2 cm³/mol. The molecule has 0 amide bonds. The average Bonchev–Trinajstić information content (AvgIpc) is 2.09. The van der Waals surface area contributed by atoms with Gasteiger partial charge in [-0.25, -0.2) is 0 Å². The first kappa shape index (κ1) is 10.4. The molecule has 0 saturated heterocycles. The average molecular weight is 201 g/mol. The number of benzene rings is 1. The normalized spacial score (nSPS) is 12.5. The SMILES string of the molecule is CC(CCO)Oc1ccc(Cl)cc1. The van der Waals surface area contributed by atoms with Gasteiger partial charge in [-0.05, 0) is 31.2 Å². The molecule has 0 heterocycles. The zero-order chi connectivity index (χ0) is 9.68. The number of aliphatic hydroxyl groups excluding tert-OH is 1. The first-order chi connectivity index (χ1) is 6.22. The zero-order valence-electron chi connectivity index (χ0n) is 7.53. The summed E-state index contributed by atoms with van der Waals surface area (Å²) in [6.07, 6.45) is 0.675. The molecule has 1 atom stereocenters. The van der Waals surface area contributed by atoms with E-state index in [9.17, 15) is 0 Å². The van der Waals surface area contributed by atoms with Gasteiger partial charge in [0.15, 0.2) is 0 Å². The van der Waals surface area contributed by atoms with E-state index in [1.807, 2.05) is 19.1 Å². The van der Waals surface area contributed by atoms with Crippen molar-refractivity contribution in [3.05, 3.63) is 29.3 Å². The second-order valence-corrected chi connectivity index (χ2v) is 3.33. The van der Waals surface area contributed by atoms with Gasteiger partial charge in [-0.1, -0.05) is 11.6 Å². The van der Waals surface area contributed by atoms with E-state index in [2.05, 4.69) is 0 Å². The highest BCUT2D eigenvalue weighted by Gasteiger charge is 2.02. The second kappa shape index (κ2) is 5.10. The van der Waals surface area contributed by atoms with Crippen molar-refractivity contribution in [3.63, 3.8) is 0 Å². The molecule has 0 fully saturated rings. The third-order valence-electron chi connectivity index (χ3n) is 1.69. The molecule has 0 aliphatic carbocycles. The molecule has 13 heavy (non-hydrogen) atoms. The van der Waals surface area contributed by atoms with Gasteiger partial charge < -0.3 is 9.84 Å². The van der Waals surface area contributed by atoms with E-state index in [4.69, 9.17) is 21.4 Å². The smallest absolute Gasteiger partial charge is 0.119 e. The monoisotopic (exact) mass is 200 g/mol. The lowest BCUT2D eigenvalue weighted by Gasteiger charge is -2.12. The summed E-state index contributed by atoms with van der Waals surface area (Å²) in [5, 5.41) is 9.35. The van der Waals surface area contributed by atoms with Gasteiger partial charge in [0.05, 0.1) is 6.10 Å². The van der Waals surface area contributed by atoms with Crippen molar-refractivity contribution >= 4 is 11.6 Å². The van der Waals surface area contributed by atoms with E-state index >= 15 is 0 Å². The summed E-state index contributed by atoms with van der Waals surface area (Å²) in [7, 11) is 0. The van der Waals surface area contributed by atoms with E-state index in [0.717, 1.165) is 5.75 Å². The number of rotatable bonds is 4. The molecule has 0 saturated carbocycles. The molecule has 1 N–H and O–H groups in total. The van der Waals surface area contributed by atoms with Gasteiger partial charge in [0.25, 0.3) is 0 Å². The molecule has 1 aromatic carbocycles. The highest BCUT2D eigenvalue weighted by molar-refractivity contribution is 6.30. The Kier molecular flexibility index (Phi) is 4.06. The molecule has 0 bridgehead atoms. The molecule has 72 valence electrons. The Labute approximate surface area is 83.1 Å². The van der Waals surface area contributed by atoms with Gasteiger partial charge in [-0.3, -0.25) is 0 Å². The molecule has 3 heteroatoms. The molecule has 0 aliphatic heterocycles. The molecule has 0 aromatic heterocycles. The lowest BCUT2D eigenvalue weighted by molar-refractivity contribution is 0.169. The summed E-state index contributed by atoms with van der Waals surface area (Å²) in [4.78, 5) is 0. The van der Waals surface area contributed by atoms with Crippen LogP contribution in [-0.2, 0) is 0 Å². The third-order valence-corrected chi connectivity index (χ3v) is 1.94. The number of aliphatic hydroxyl groups is 1. The fourth-order valence-corrected chi connectivity index (χ4v) is 1.11. The van der Waals surface area contributed by atoms with E-state index in [0.29, 0.717) is 11.4 Å². The molecule has 1 rings (SSSR count). The van der Waals surface area contributed by atoms with Crippen LogP contribution < -0.4 is 4.74 Å². The van der Waals surface area contributed by atoms with Crippen molar-refractivity contribution in [1.29, 1.82) is 0 Å². The Hall–Kier alpha value is -0.730. The van der Waals surface area contributed by atoms with Crippen LogP contribution in [0.25, 0.3) is 0 Å². The lowest BCUT2D eigenvalue weighted by Crippen LogP contribution is -2.13. The Balaban J connectivity index is 2.49. The number of hydrogen-bond donors (Lipinski definition) is 1. The third kappa shape index (κ3) is 3.66. The van der Waals surface area contributed by atoms with Gasteiger partial charge in [-0.2, -0.15) is 0 Å². The van der Waals surface area contributed by atoms with E-state index in [1.54, 1.807) is 12.1 Å². The van der Waals surface area contributed by atoms with Crippen molar-refractivity contribution in [2.24, 2.45) is 0 Å². The van der Waals surface area contributed by atoms with Crippen molar-refractivity contribution in [2.45, 2.75) is 19.4 Å². The molecular weight excluding hydrogens is 188 g/mol. The minimum Gasteiger partial charge on any atom is -0.491 e. The van der Waals surface area contributed by atoms with Crippen molar-refractivity contribution < 1.29 is 9.84 Å². The topological polar surface area (TPSA) is 29.5 Å². The van der Waals surface area contributed by atoms with Gasteiger partial charge in [0.2, 0.25) is 0 Å². The van der Waals surface area contributed by atoms with E-state index < -0.39 is 0 Å². The quantitative estimate of drug-likeness (QED) is 0.809. The highest BCUT2D eigenvalue weighted by atomic mass is 35.5. The van der Waals surface area contributed by atoms with Gasteiger partial charge in [0.1, 0.15) is 5.75 Å². The maximum Gasteiger partial charge on any atom is 0.119 e. The molecule has 0 radical (unpaired) electrons. The van der Waals surface area contributed by atoms with Crippen molar-refractivity contribution in [1.82, 2.24) is 0 Å². The van der Waals surface area contributed by atoms with Crippen LogP contribution in [0.4, 0.5) is 0 Å². The Morgan fingerprint density at radius 2 is 2.00 bits per heavy atom. The Morgan fingerprint density at radius 3 is 2.54 bits per heavy atom. The minimum absolute atomic E-state index is 0.0335. The summed E-state index contributed by atoms with van der Waals surface area (Å²) in [6.45, 7) is 2.07. The highest BCUT2D eigenvalue weighted by Crippen LogP contribution is 2.17. The summed E-state index contributed by atoms with van der Waals surface area (Å²) in [6, 6.07) is 7.19. The summed E-state index contributed by atoms with van der Waals surface area (Å²) in [5.41, 5.74) is 0. The van der Waals surface area contributed by atoms with Crippen LogP contribution in [-0.4, -0.2) is 17.8 Å². The van der Waals surface area contributed by atoms with Gasteiger partial charge >= 0.3 is 0 Å². The zero-order valence-corrected chi connectivity index (χ0v) is 8.29. The molecule has 1 unspecified atom stereocenters. The van der Waals surface area contributed by atoms with E-state index in [-0.39, 0.29) is 12.7 Å². The maximum atomic E-state index is 8.66. The first-order valence-corrected chi connectivity index (χ1v) is 4.63. The van der Waals surface area contributed by atoms with Crippen LogP contribution in [0.15, 0.2) is 24.3 Å². The largest absolute Gasteiger partial charge is 0.491 e. The van der Waals surface area contributed by atoms with Crippen molar-refractivity contribution in [2.75, 3.05) is 6.61 Å². The van der Waals surface area contributed by atoms with Crippen LogP contribution in [0.5, 0.6) is 5.75 Å². The summed E-state index contributed by atoms with van der Waals surface area (Å²) in [5.74, 6) is 0.783. The van der Waals surface area contributed by atoms with Crippen LogP contribution in [0.3, 0.4) is 0 Å². The van der Waals surface area contributed by atoms with Gasteiger partial charge in [0, 0.05) is 18.1 Å². The standard InChI is InChI=1S/C10H13ClO2/c1-8(6-7-12)13-10-4-2-9(11)3-5-10/h2-5,8,12H,6-7H2,1H3. The molecule has 0 aliphatic rings. The Bertz CT molecular complexity index is 246. The van der Waals surface area contributed by atoms with Crippen molar-refractivity contribution in [3.8, 4) is 5.75 Å². The maximum absolute atomic E-state index is 8.66. The second-order valence-electron chi connectivity index (χ2n) is 2.89. The Morgan fingerprint density at radius 1 is 1.38 bits per heavy atom. The number of halogens is 1. The van der Waals surface area contributed by atoms with Crippen LogP contribution in [0.2, 0.25) is 5.02 Å². The molecule has 2 nitrogen and oxygen atoms in total. The number of hydrogen-bond acceptors (Lipinski definition) is 2. The first-order valence-electron chi connectivity index (χ1n) is 4.25. The summed E-state index contributed by atoms with van der Waals surface area (Å²) < 4.78 is 5.49. The fraction of sp³-hybridized carbons (Fsp3) is 0.400.